The van der Waals surface area contributed by atoms with Crippen molar-refractivity contribution >= 4 is 51.4 Å². The molecule has 2 heterocycles. The summed E-state index contributed by atoms with van der Waals surface area (Å²) >= 11 is 10.8. The van der Waals surface area contributed by atoms with Crippen molar-refractivity contribution < 1.29 is 9.21 Å². The predicted molar refractivity (Wildman–Crippen MR) is 101 cm³/mol. The van der Waals surface area contributed by atoms with Crippen molar-refractivity contribution in [1.29, 1.82) is 0 Å². The average molecular weight is 437 g/mol. The minimum Gasteiger partial charge on any atom is -0.447 e. The van der Waals surface area contributed by atoms with E-state index in [-0.39, 0.29) is 5.91 Å². The molecule has 0 fully saturated rings. The van der Waals surface area contributed by atoms with Gasteiger partial charge in [0.2, 0.25) is 0 Å². The van der Waals surface area contributed by atoms with Gasteiger partial charge in [-0.25, -0.2) is 5.43 Å². The molecule has 0 aliphatic rings. The first-order valence-corrected chi connectivity index (χ1v) is 9.07. The number of hydrogen-bond acceptors (Lipinski definition) is 5. The molecule has 3 aromatic rings. The van der Waals surface area contributed by atoms with Gasteiger partial charge in [-0.05, 0) is 52.3 Å². The van der Waals surface area contributed by atoms with Crippen molar-refractivity contribution in [3.8, 4) is 0 Å². The molecule has 0 aliphatic carbocycles. The number of furan rings is 1. The van der Waals surface area contributed by atoms with Crippen molar-refractivity contribution in [1.82, 2.24) is 10.4 Å². The van der Waals surface area contributed by atoms with Crippen LogP contribution in [0.15, 0.2) is 78.8 Å². The molecule has 0 atom stereocenters. The van der Waals surface area contributed by atoms with Gasteiger partial charge >= 0.3 is 0 Å². The Morgan fingerprint density at radius 3 is 2.68 bits per heavy atom. The quantitative estimate of drug-likeness (QED) is 0.451. The largest absolute Gasteiger partial charge is 0.447 e. The molecule has 1 N–H and O–H groups in total. The van der Waals surface area contributed by atoms with Crippen molar-refractivity contribution in [2.75, 3.05) is 0 Å². The molecule has 2 aromatic heterocycles. The maximum absolute atomic E-state index is 11.9. The summed E-state index contributed by atoms with van der Waals surface area (Å²) in [4.78, 5) is 16.7. The number of halogens is 2. The van der Waals surface area contributed by atoms with Crippen LogP contribution in [0.25, 0.3) is 0 Å². The van der Waals surface area contributed by atoms with E-state index in [0.717, 1.165) is 9.37 Å². The maximum atomic E-state index is 11.9. The number of pyridine rings is 1. The number of hydrazone groups is 1. The lowest BCUT2D eigenvalue weighted by Crippen LogP contribution is -2.17. The fraction of sp³-hybridized carbons (Fsp3) is 0. The van der Waals surface area contributed by atoms with Crippen LogP contribution in [-0.2, 0) is 0 Å². The summed E-state index contributed by atoms with van der Waals surface area (Å²) in [5.74, 6) is 0.193. The van der Waals surface area contributed by atoms with Gasteiger partial charge in [-0.15, -0.1) is 0 Å². The Morgan fingerprint density at radius 2 is 1.96 bits per heavy atom. The molecule has 5 nitrogen and oxygen atoms in total. The molecule has 126 valence electrons. The monoisotopic (exact) mass is 435 g/mol. The van der Waals surface area contributed by atoms with E-state index in [1.54, 1.807) is 30.6 Å². The standard InChI is InChI=1S/C17H11BrClN3O2S/c18-15-9-13(10-21-22-16(23)11-5-7-20-8-6-11)24-17(15)25-14-3-1-12(19)2-4-14/h1-10H,(H,22,23)/b21-10-. The highest BCUT2D eigenvalue weighted by Gasteiger charge is 2.10. The Morgan fingerprint density at radius 1 is 1.24 bits per heavy atom. The van der Waals surface area contributed by atoms with Crippen LogP contribution in [0.3, 0.4) is 0 Å². The van der Waals surface area contributed by atoms with E-state index in [1.165, 1.54) is 18.0 Å². The SMILES string of the molecule is O=C(N/N=C\c1cc(Br)c(Sc2ccc(Cl)cc2)o1)c1ccncc1. The number of aromatic nitrogens is 1. The summed E-state index contributed by atoms with van der Waals surface area (Å²) in [5.41, 5.74) is 2.92. The molecule has 8 heteroatoms. The summed E-state index contributed by atoms with van der Waals surface area (Å²) in [5, 5.41) is 5.27. The second-order valence-corrected chi connectivity index (χ2v) is 7.11. The van der Waals surface area contributed by atoms with Crippen LogP contribution in [-0.4, -0.2) is 17.1 Å². The van der Waals surface area contributed by atoms with Gasteiger partial charge in [0.1, 0.15) is 5.76 Å². The Kier molecular flexibility index (Phi) is 5.91. The highest BCUT2D eigenvalue weighted by molar-refractivity contribution is 9.10. The molecule has 1 amide bonds. The lowest BCUT2D eigenvalue weighted by Gasteiger charge is -1.99. The fourth-order valence-corrected chi connectivity index (χ4v) is 3.29. The van der Waals surface area contributed by atoms with Crippen LogP contribution in [0.4, 0.5) is 0 Å². The van der Waals surface area contributed by atoms with E-state index in [9.17, 15) is 4.79 Å². The third-order valence-corrected chi connectivity index (χ3v) is 5.10. The molecule has 1 aromatic carbocycles. The fourth-order valence-electron chi connectivity index (χ4n) is 1.83. The van der Waals surface area contributed by atoms with E-state index in [0.29, 0.717) is 21.4 Å². The van der Waals surface area contributed by atoms with Crippen LogP contribution < -0.4 is 5.43 Å². The number of nitrogens with zero attached hydrogens (tertiary/aromatic N) is 2. The Hall–Kier alpha value is -2.09. The predicted octanol–water partition coefficient (Wildman–Crippen LogP) is 5.01. The van der Waals surface area contributed by atoms with E-state index in [1.807, 2.05) is 24.3 Å². The maximum Gasteiger partial charge on any atom is 0.271 e. The van der Waals surface area contributed by atoms with Gasteiger partial charge in [-0.2, -0.15) is 5.10 Å². The van der Waals surface area contributed by atoms with Crippen molar-refractivity contribution in [2.45, 2.75) is 9.99 Å². The molecular weight excluding hydrogens is 426 g/mol. The number of nitrogens with one attached hydrogen (secondary N) is 1. The molecule has 3 rings (SSSR count). The Labute approximate surface area is 161 Å². The number of rotatable bonds is 5. The van der Waals surface area contributed by atoms with Gasteiger partial charge in [0.25, 0.3) is 5.91 Å². The van der Waals surface area contributed by atoms with Crippen molar-refractivity contribution in [2.24, 2.45) is 5.10 Å². The van der Waals surface area contributed by atoms with Crippen LogP contribution in [0.5, 0.6) is 0 Å². The number of carbonyl (C=O) groups is 1. The lowest BCUT2D eigenvalue weighted by atomic mass is 10.3. The zero-order chi connectivity index (χ0) is 17.6. The normalized spacial score (nSPS) is 11.0. The van der Waals surface area contributed by atoms with E-state index >= 15 is 0 Å². The first-order chi connectivity index (χ1) is 12.1. The highest BCUT2D eigenvalue weighted by Crippen LogP contribution is 2.35. The zero-order valence-corrected chi connectivity index (χ0v) is 15.8. The first kappa shape index (κ1) is 17.7. The topological polar surface area (TPSA) is 67.5 Å². The molecule has 0 bridgehead atoms. The van der Waals surface area contributed by atoms with E-state index < -0.39 is 0 Å². The second kappa shape index (κ2) is 8.33. The van der Waals surface area contributed by atoms with Crippen LogP contribution in [0.2, 0.25) is 5.02 Å². The molecule has 25 heavy (non-hydrogen) atoms. The third kappa shape index (κ3) is 4.94. The smallest absolute Gasteiger partial charge is 0.271 e. The van der Waals surface area contributed by atoms with Gasteiger partial charge in [0.05, 0.1) is 10.7 Å². The molecule has 0 saturated carbocycles. The zero-order valence-electron chi connectivity index (χ0n) is 12.6. The van der Waals surface area contributed by atoms with Crippen molar-refractivity contribution in [3.63, 3.8) is 0 Å². The van der Waals surface area contributed by atoms with Crippen LogP contribution >= 0.6 is 39.3 Å². The number of benzene rings is 1. The molecule has 0 unspecified atom stereocenters. The number of amides is 1. The molecule has 0 radical (unpaired) electrons. The van der Waals surface area contributed by atoms with Gasteiger partial charge in [-0.1, -0.05) is 23.4 Å². The Bertz CT molecular complexity index is 898. The summed E-state index contributed by atoms with van der Waals surface area (Å²) in [6, 6.07) is 12.4. The van der Waals surface area contributed by atoms with Crippen LogP contribution in [0.1, 0.15) is 16.1 Å². The summed E-state index contributed by atoms with van der Waals surface area (Å²) in [6.07, 6.45) is 4.53. The minimum absolute atomic E-state index is 0.319. The number of carbonyl (C=O) groups excluding carboxylic acids is 1. The summed E-state index contributed by atoms with van der Waals surface area (Å²) in [7, 11) is 0. The van der Waals surface area contributed by atoms with Gasteiger partial charge in [0.15, 0.2) is 5.09 Å². The molecule has 0 saturated heterocycles. The van der Waals surface area contributed by atoms with Gasteiger partial charge < -0.3 is 4.42 Å². The van der Waals surface area contributed by atoms with E-state index in [4.69, 9.17) is 16.0 Å². The van der Waals surface area contributed by atoms with Crippen molar-refractivity contribution in [3.05, 3.63) is 75.7 Å². The number of hydrogen-bond donors (Lipinski definition) is 1. The molecule has 0 spiro atoms. The minimum atomic E-state index is -0.319. The molecular formula is C17H11BrClN3O2S. The van der Waals surface area contributed by atoms with Crippen LogP contribution in [0, 0.1) is 0 Å². The van der Waals surface area contributed by atoms with E-state index in [2.05, 4.69) is 31.4 Å². The van der Waals surface area contributed by atoms with Gasteiger partial charge in [-0.3, -0.25) is 9.78 Å². The first-order valence-electron chi connectivity index (χ1n) is 7.08. The average Bonchev–Trinajstić information content (AvgIpc) is 2.97. The third-order valence-electron chi connectivity index (χ3n) is 3.00. The van der Waals surface area contributed by atoms with Gasteiger partial charge in [0, 0.05) is 33.9 Å². The summed E-state index contributed by atoms with van der Waals surface area (Å²) < 4.78 is 6.51. The highest BCUT2D eigenvalue weighted by atomic mass is 79.9. The molecule has 0 aliphatic heterocycles. The lowest BCUT2D eigenvalue weighted by molar-refractivity contribution is 0.0955. The second-order valence-electron chi connectivity index (χ2n) is 4.78. The summed E-state index contributed by atoms with van der Waals surface area (Å²) in [6.45, 7) is 0. The Balaban J connectivity index is 1.64.